The van der Waals surface area contributed by atoms with E-state index in [9.17, 15) is 8.78 Å². The van der Waals surface area contributed by atoms with Crippen LogP contribution in [0.1, 0.15) is 11.1 Å². The van der Waals surface area contributed by atoms with Crippen LogP contribution in [0.15, 0.2) is 34.8 Å². The van der Waals surface area contributed by atoms with Crippen LogP contribution in [0.2, 0.25) is 0 Å². The molecule has 2 aromatic rings. The second-order valence-corrected chi connectivity index (χ2v) is 4.83. The third kappa shape index (κ3) is 2.74. The Bertz CT molecular complexity index is 678. The lowest BCUT2D eigenvalue weighted by molar-refractivity contribution is 0.598. The number of hydrogen-bond donors (Lipinski definition) is 1. The Morgan fingerprint density at radius 3 is 2.63 bits per heavy atom. The molecule has 0 radical (unpaired) electrons. The van der Waals surface area contributed by atoms with Gasteiger partial charge in [-0.05, 0) is 40.5 Å². The summed E-state index contributed by atoms with van der Waals surface area (Å²) in [6, 6.07) is 9.24. The highest BCUT2D eigenvalue weighted by Gasteiger charge is 2.11. The van der Waals surface area contributed by atoms with Crippen molar-refractivity contribution in [2.24, 2.45) is 0 Å². The minimum absolute atomic E-state index is 0.00787. The molecule has 0 atom stereocenters. The van der Waals surface area contributed by atoms with Crippen LogP contribution < -0.4 is 5.32 Å². The Morgan fingerprint density at radius 1 is 1.21 bits per heavy atom. The van der Waals surface area contributed by atoms with Gasteiger partial charge in [0.1, 0.15) is 17.7 Å². The van der Waals surface area contributed by atoms with Crippen LogP contribution in [0, 0.1) is 29.9 Å². The fourth-order valence-corrected chi connectivity index (χ4v) is 2.00. The highest BCUT2D eigenvalue weighted by Crippen LogP contribution is 2.29. The SMILES string of the molecule is Cc1cccc(C#N)c1Nc1cc(F)c(Br)cc1F. The van der Waals surface area contributed by atoms with Gasteiger partial charge in [0.25, 0.3) is 0 Å². The molecule has 0 unspecified atom stereocenters. The summed E-state index contributed by atoms with van der Waals surface area (Å²) in [5.41, 5.74) is 1.63. The van der Waals surface area contributed by atoms with E-state index < -0.39 is 11.6 Å². The summed E-state index contributed by atoms with van der Waals surface area (Å²) in [5.74, 6) is -1.17. The maximum atomic E-state index is 13.7. The lowest BCUT2D eigenvalue weighted by atomic mass is 10.1. The zero-order valence-corrected chi connectivity index (χ0v) is 11.6. The molecule has 0 saturated heterocycles. The van der Waals surface area contributed by atoms with Gasteiger partial charge >= 0.3 is 0 Å². The third-order valence-electron chi connectivity index (χ3n) is 2.66. The molecular formula is C14H9BrF2N2. The van der Waals surface area contributed by atoms with Crippen LogP contribution >= 0.6 is 15.9 Å². The number of anilines is 2. The van der Waals surface area contributed by atoms with Gasteiger partial charge in [0.15, 0.2) is 0 Å². The zero-order chi connectivity index (χ0) is 14.0. The first-order valence-corrected chi connectivity index (χ1v) is 6.23. The summed E-state index contributed by atoms with van der Waals surface area (Å²) in [5, 5.41) is 11.8. The van der Waals surface area contributed by atoms with Crippen molar-refractivity contribution in [1.29, 1.82) is 5.26 Å². The van der Waals surface area contributed by atoms with E-state index in [1.54, 1.807) is 25.1 Å². The Hall–Kier alpha value is -1.93. The van der Waals surface area contributed by atoms with Crippen molar-refractivity contribution >= 4 is 27.3 Å². The summed E-state index contributed by atoms with van der Waals surface area (Å²) in [4.78, 5) is 0. The number of nitrogens with one attached hydrogen (secondary N) is 1. The molecule has 0 fully saturated rings. The molecule has 96 valence electrons. The van der Waals surface area contributed by atoms with Crippen molar-refractivity contribution in [3.63, 3.8) is 0 Å². The molecule has 0 spiro atoms. The van der Waals surface area contributed by atoms with E-state index in [1.165, 1.54) is 0 Å². The van der Waals surface area contributed by atoms with E-state index in [4.69, 9.17) is 5.26 Å². The number of para-hydroxylation sites is 1. The summed E-state index contributed by atoms with van der Waals surface area (Å²) in [7, 11) is 0. The zero-order valence-electron chi connectivity index (χ0n) is 9.97. The van der Waals surface area contributed by atoms with Crippen molar-refractivity contribution in [2.75, 3.05) is 5.32 Å². The molecule has 0 amide bonds. The molecular weight excluding hydrogens is 314 g/mol. The average molecular weight is 323 g/mol. The largest absolute Gasteiger partial charge is 0.352 e. The minimum Gasteiger partial charge on any atom is -0.352 e. The van der Waals surface area contributed by atoms with Gasteiger partial charge in [-0.25, -0.2) is 8.78 Å². The summed E-state index contributed by atoms with van der Waals surface area (Å²) >= 11 is 2.91. The maximum absolute atomic E-state index is 13.7. The van der Waals surface area contributed by atoms with Gasteiger partial charge in [0.05, 0.1) is 21.4 Å². The van der Waals surface area contributed by atoms with Gasteiger partial charge in [-0.1, -0.05) is 12.1 Å². The van der Waals surface area contributed by atoms with Gasteiger partial charge in [0.2, 0.25) is 0 Å². The summed E-state index contributed by atoms with van der Waals surface area (Å²) in [6.45, 7) is 1.79. The first kappa shape index (κ1) is 13.5. The van der Waals surface area contributed by atoms with Gasteiger partial charge in [-0.2, -0.15) is 5.26 Å². The normalized spacial score (nSPS) is 10.1. The second-order valence-electron chi connectivity index (χ2n) is 3.98. The molecule has 5 heteroatoms. The maximum Gasteiger partial charge on any atom is 0.147 e. The number of rotatable bonds is 2. The average Bonchev–Trinajstić information content (AvgIpc) is 2.38. The third-order valence-corrected chi connectivity index (χ3v) is 3.27. The predicted molar refractivity (Wildman–Crippen MR) is 73.2 cm³/mol. The lowest BCUT2D eigenvalue weighted by Crippen LogP contribution is -1.99. The first-order valence-electron chi connectivity index (χ1n) is 5.44. The minimum atomic E-state index is -0.597. The topological polar surface area (TPSA) is 35.8 Å². The van der Waals surface area contributed by atoms with Gasteiger partial charge in [0, 0.05) is 6.07 Å². The van der Waals surface area contributed by atoms with E-state index in [1.807, 2.05) is 6.07 Å². The molecule has 0 aliphatic carbocycles. The van der Waals surface area contributed by atoms with E-state index in [2.05, 4.69) is 21.2 Å². The van der Waals surface area contributed by atoms with E-state index in [0.29, 0.717) is 11.3 Å². The standard InChI is InChI=1S/C14H9BrF2N2/c1-8-3-2-4-9(7-18)14(8)19-13-6-11(16)10(15)5-12(13)17/h2-6,19H,1H3. The van der Waals surface area contributed by atoms with Crippen LogP contribution in [-0.2, 0) is 0 Å². The second kappa shape index (κ2) is 5.37. The number of nitriles is 1. The summed E-state index contributed by atoms with van der Waals surface area (Å²) < 4.78 is 27.2. The van der Waals surface area contributed by atoms with Crippen molar-refractivity contribution in [3.05, 3.63) is 57.6 Å². The quantitative estimate of drug-likeness (QED) is 0.817. The predicted octanol–water partition coefficient (Wildman–Crippen LogP) is 4.65. The van der Waals surface area contributed by atoms with Gasteiger partial charge < -0.3 is 5.32 Å². The molecule has 0 bridgehead atoms. The monoisotopic (exact) mass is 322 g/mol. The van der Waals surface area contributed by atoms with Crippen LogP contribution in [0.4, 0.5) is 20.2 Å². The highest BCUT2D eigenvalue weighted by molar-refractivity contribution is 9.10. The number of halogens is 3. The number of aryl methyl sites for hydroxylation is 1. The number of benzene rings is 2. The number of hydrogen-bond acceptors (Lipinski definition) is 2. The van der Waals surface area contributed by atoms with Crippen molar-refractivity contribution < 1.29 is 8.78 Å². The molecule has 0 aliphatic rings. The van der Waals surface area contributed by atoms with E-state index in [-0.39, 0.29) is 10.2 Å². The van der Waals surface area contributed by atoms with Crippen molar-refractivity contribution in [1.82, 2.24) is 0 Å². The molecule has 0 aliphatic heterocycles. The van der Waals surface area contributed by atoms with E-state index in [0.717, 1.165) is 17.7 Å². The van der Waals surface area contributed by atoms with E-state index >= 15 is 0 Å². The van der Waals surface area contributed by atoms with Crippen molar-refractivity contribution in [3.8, 4) is 6.07 Å². The number of nitrogens with zero attached hydrogens (tertiary/aromatic N) is 1. The first-order chi connectivity index (χ1) is 9.02. The summed E-state index contributed by atoms with van der Waals surface area (Å²) in [6.07, 6.45) is 0. The Kier molecular flexibility index (Phi) is 3.82. The Balaban J connectivity index is 2.48. The molecule has 0 saturated carbocycles. The molecule has 0 aromatic heterocycles. The molecule has 2 nitrogen and oxygen atoms in total. The van der Waals surface area contributed by atoms with Gasteiger partial charge in [-0.15, -0.1) is 0 Å². The van der Waals surface area contributed by atoms with Crippen LogP contribution in [0.3, 0.4) is 0 Å². The molecule has 1 N–H and O–H groups in total. The molecule has 2 aromatic carbocycles. The Labute approximate surface area is 117 Å². The Morgan fingerprint density at radius 2 is 1.95 bits per heavy atom. The van der Waals surface area contributed by atoms with Crippen LogP contribution in [0.25, 0.3) is 0 Å². The lowest BCUT2D eigenvalue weighted by Gasteiger charge is -2.12. The van der Waals surface area contributed by atoms with Gasteiger partial charge in [-0.3, -0.25) is 0 Å². The van der Waals surface area contributed by atoms with Crippen LogP contribution in [-0.4, -0.2) is 0 Å². The molecule has 19 heavy (non-hydrogen) atoms. The van der Waals surface area contributed by atoms with Crippen molar-refractivity contribution in [2.45, 2.75) is 6.92 Å². The van der Waals surface area contributed by atoms with Crippen LogP contribution in [0.5, 0.6) is 0 Å². The molecule has 2 rings (SSSR count). The smallest absolute Gasteiger partial charge is 0.147 e. The highest BCUT2D eigenvalue weighted by atomic mass is 79.9. The fraction of sp³-hybridized carbons (Fsp3) is 0.0714. The fourth-order valence-electron chi connectivity index (χ4n) is 1.68. The molecule has 0 heterocycles.